The number of hydrogen-bond donors (Lipinski definition) is 2. The second-order valence-electron chi connectivity index (χ2n) is 10.6. The summed E-state index contributed by atoms with van der Waals surface area (Å²) in [4.78, 5) is 46.3. The van der Waals surface area contributed by atoms with Crippen LogP contribution in [0.15, 0.2) is 58.4 Å². The summed E-state index contributed by atoms with van der Waals surface area (Å²) >= 11 is 7.17. The number of carboxylic acids is 2. The molecule has 0 radical (unpaired) electrons. The zero-order chi connectivity index (χ0) is 28.3. The number of rotatable bonds is 5. The van der Waals surface area contributed by atoms with E-state index in [0.717, 1.165) is 17.4 Å². The number of aliphatic carboxylic acids is 2. The van der Waals surface area contributed by atoms with Gasteiger partial charge in [0.25, 0.3) is 5.56 Å². The third-order valence-corrected chi connectivity index (χ3v) is 9.50. The number of para-hydroxylation sites is 1. The fourth-order valence-electron chi connectivity index (χ4n) is 6.03. The Morgan fingerprint density at radius 1 is 1.10 bits per heavy atom. The molecule has 0 aliphatic carbocycles. The summed E-state index contributed by atoms with van der Waals surface area (Å²) in [7, 11) is 0. The highest BCUT2D eigenvalue weighted by atomic mass is 35.5. The van der Waals surface area contributed by atoms with Crippen molar-refractivity contribution in [1.29, 1.82) is 0 Å². The molecular formula is C28H28ClN3O6S. The minimum atomic E-state index is -2.04. The highest BCUT2D eigenvalue weighted by Crippen LogP contribution is 2.64. The predicted molar refractivity (Wildman–Crippen MR) is 149 cm³/mol. The zero-order valence-corrected chi connectivity index (χ0v) is 23.5. The molecule has 1 aromatic heterocycles. The fourth-order valence-corrected chi connectivity index (χ4v) is 7.93. The maximum Gasteiger partial charge on any atom is 0.321 e. The smallest absolute Gasteiger partial charge is 0.321 e. The topological polar surface area (TPSA) is 122 Å². The van der Waals surface area contributed by atoms with E-state index in [1.807, 2.05) is 35.2 Å². The summed E-state index contributed by atoms with van der Waals surface area (Å²) < 4.78 is 5.27. The molecule has 0 amide bonds. The third-order valence-electron chi connectivity index (χ3n) is 7.66. The van der Waals surface area contributed by atoms with Crippen LogP contribution in [0.4, 0.5) is 11.4 Å². The van der Waals surface area contributed by atoms with Gasteiger partial charge in [-0.15, -0.1) is 0 Å². The van der Waals surface area contributed by atoms with E-state index in [-0.39, 0.29) is 22.3 Å². The Hall–Kier alpha value is -3.50. The zero-order valence-electron chi connectivity index (χ0n) is 21.9. The summed E-state index contributed by atoms with van der Waals surface area (Å²) in [6.45, 7) is 7.66. The Kier molecular flexibility index (Phi) is 6.46. The van der Waals surface area contributed by atoms with E-state index in [1.165, 1.54) is 4.57 Å². The van der Waals surface area contributed by atoms with Crippen molar-refractivity contribution in [3.05, 3.63) is 69.7 Å². The lowest BCUT2D eigenvalue weighted by Gasteiger charge is -2.47. The molecule has 0 saturated heterocycles. The quantitative estimate of drug-likeness (QED) is 0.431. The first kappa shape index (κ1) is 27.1. The molecule has 3 aromatic rings. The van der Waals surface area contributed by atoms with Crippen molar-refractivity contribution in [2.75, 3.05) is 18.1 Å². The fraction of sp³-hybridized carbons (Fsp3) is 0.357. The average molecular weight is 570 g/mol. The van der Waals surface area contributed by atoms with Crippen LogP contribution in [-0.4, -0.2) is 49.6 Å². The number of nitrogens with zero attached hydrogens (tertiary/aromatic N) is 3. The summed E-state index contributed by atoms with van der Waals surface area (Å²) in [6.07, 6.45) is -0.0292. The normalized spacial score (nSPS) is 22.1. The number of hydrogen-bond acceptors (Lipinski definition) is 7. The van der Waals surface area contributed by atoms with Crippen LogP contribution >= 0.6 is 23.4 Å². The van der Waals surface area contributed by atoms with Crippen molar-refractivity contribution >= 4 is 46.7 Å². The standard InChI is InChI=1S/C28H28ClN3O6S/c1-5-27(24(34)35)28(25(36)37,26(2,3)4)20-22(39-27)30-21(29)23(33)32(20)17-11-12-19-18(15-17)31(13-14-38-19)16-9-7-6-8-10-16/h6-12,15H,5,13-14H2,1-4H3,(H,34,35)(H,36,37). The SMILES string of the molecule is CCC1(C(=O)O)Sc2nc(Cl)c(=O)n(-c3ccc4c(c3)N(c3ccccc3)CCO4)c2C1(C(=O)O)C(C)(C)C. The summed E-state index contributed by atoms with van der Waals surface area (Å²) in [5.74, 6) is -2.05. The predicted octanol–water partition coefficient (Wildman–Crippen LogP) is 5.12. The molecule has 2 aliphatic rings. The van der Waals surface area contributed by atoms with Crippen LogP contribution in [0.25, 0.3) is 5.69 Å². The molecule has 0 saturated carbocycles. The molecule has 2 N–H and O–H groups in total. The van der Waals surface area contributed by atoms with E-state index in [9.17, 15) is 24.6 Å². The monoisotopic (exact) mass is 569 g/mol. The number of halogens is 1. The maximum absolute atomic E-state index is 13.7. The number of benzene rings is 2. The Labute approximate surface area is 234 Å². The maximum atomic E-state index is 13.7. The third kappa shape index (κ3) is 3.68. The Balaban J connectivity index is 1.86. The van der Waals surface area contributed by atoms with Gasteiger partial charge < -0.3 is 19.8 Å². The first-order valence-corrected chi connectivity index (χ1v) is 13.7. The average Bonchev–Trinajstić information content (AvgIpc) is 3.21. The molecule has 2 aliphatic heterocycles. The molecule has 0 bridgehead atoms. The first-order valence-electron chi connectivity index (χ1n) is 12.5. The molecule has 2 unspecified atom stereocenters. The van der Waals surface area contributed by atoms with Crippen molar-refractivity contribution in [2.45, 2.75) is 49.3 Å². The van der Waals surface area contributed by atoms with Gasteiger partial charge in [0.2, 0.25) is 0 Å². The molecule has 3 heterocycles. The van der Waals surface area contributed by atoms with E-state index in [4.69, 9.17) is 16.3 Å². The molecule has 9 nitrogen and oxygen atoms in total. The van der Waals surface area contributed by atoms with Crippen LogP contribution in [0.5, 0.6) is 5.75 Å². The van der Waals surface area contributed by atoms with Gasteiger partial charge in [-0.05, 0) is 42.2 Å². The van der Waals surface area contributed by atoms with Gasteiger partial charge in [0, 0.05) is 5.69 Å². The highest BCUT2D eigenvalue weighted by molar-refractivity contribution is 8.01. The lowest BCUT2D eigenvalue weighted by atomic mass is 9.56. The molecule has 11 heteroatoms. The number of thioether (sulfide) groups is 1. The molecule has 5 rings (SSSR count). The number of anilines is 2. The summed E-state index contributed by atoms with van der Waals surface area (Å²) in [5, 5.41) is 21.2. The largest absolute Gasteiger partial charge is 0.490 e. The Morgan fingerprint density at radius 2 is 1.79 bits per heavy atom. The number of ether oxygens (including phenoxy) is 1. The van der Waals surface area contributed by atoms with Gasteiger partial charge in [0.1, 0.15) is 27.5 Å². The van der Waals surface area contributed by atoms with Crippen LogP contribution < -0.4 is 15.2 Å². The molecule has 204 valence electrons. The van der Waals surface area contributed by atoms with Gasteiger partial charge in [-0.2, -0.15) is 0 Å². The van der Waals surface area contributed by atoms with Gasteiger partial charge in [-0.1, -0.05) is 69.3 Å². The van der Waals surface area contributed by atoms with Crippen LogP contribution in [0.3, 0.4) is 0 Å². The summed E-state index contributed by atoms with van der Waals surface area (Å²) in [5.41, 5.74) is -1.98. The minimum Gasteiger partial charge on any atom is -0.490 e. The van der Waals surface area contributed by atoms with Crippen LogP contribution in [0.2, 0.25) is 5.15 Å². The van der Waals surface area contributed by atoms with E-state index < -0.39 is 33.1 Å². The van der Waals surface area contributed by atoms with Crippen molar-refractivity contribution < 1.29 is 24.5 Å². The van der Waals surface area contributed by atoms with Crippen molar-refractivity contribution in [2.24, 2.45) is 5.41 Å². The summed E-state index contributed by atoms with van der Waals surface area (Å²) in [6, 6.07) is 14.8. The van der Waals surface area contributed by atoms with E-state index in [2.05, 4.69) is 4.98 Å². The van der Waals surface area contributed by atoms with Crippen molar-refractivity contribution in [3.63, 3.8) is 0 Å². The van der Waals surface area contributed by atoms with E-state index in [0.29, 0.717) is 30.3 Å². The number of carbonyl (C=O) groups is 2. The van der Waals surface area contributed by atoms with Gasteiger partial charge >= 0.3 is 11.9 Å². The van der Waals surface area contributed by atoms with Crippen LogP contribution in [0.1, 0.15) is 39.8 Å². The number of carboxylic acid groups (broad SMARTS) is 2. The second kappa shape index (κ2) is 9.31. The van der Waals surface area contributed by atoms with Crippen molar-refractivity contribution in [3.8, 4) is 11.4 Å². The van der Waals surface area contributed by atoms with E-state index in [1.54, 1.807) is 45.9 Å². The van der Waals surface area contributed by atoms with Crippen LogP contribution in [-0.2, 0) is 15.0 Å². The second-order valence-corrected chi connectivity index (χ2v) is 12.2. The lowest BCUT2D eigenvalue weighted by molar-refractivity contribution is -0.160. The van der Waals surface area contributed by atoms with Crippen molar-refractivity contribution in [1.82, 2.24) is 9.55 Å². The number of aromatic nitrogens is 2. The van der Waals surface area contributed by atoms with E-state index >= 15 is 0 Å². The lowest BCUT2D eigenvalue weighted by Crippen LogP contribution is -2.64. The van der Waals surface area contributed by atoms with Gasteiger partial charge in [-0.3, -0.25) is 19.0 Å². The molecule has 0 fully saturated rings. The van der Waals surface area contributed by atoms with Gasteiger partial charge in [-0.25, -0.2) is 4.98 Å². The molecule has 0 spiro atoms. The number of fused-ring (bicyclic) bond motifs is 2. The highest BCUT2D eigenvalue weighted by Gasteiger charge is 2.73. The van der Waals surface area contributed by atoms with Crippen LogP contribution in [0, 0.1) is 5.41 Å². The molecule has 39 heavy (non-hydrogen) atoms. The molecule has 2 atom stereocenters. The van der Waals surface area contributed by atoms with Gasteiger partial charge in [0.05, 0.1) is 23.6 Å². The molecular weight excluding hydrogens is 542 g/mol. The minimum absolute atomic E-state index is 0.00842. The van der Waals surface area contributed by atoms with Gasteiger partial charge in [0.15, 0.2) is 5.15 Å². The Morgan fingerprint density at radius 3 is 2.38 bits per heavy atom. The Bertz CT molecular complexity index is 1550. The molecule has 2 aromatic carbocycles. The first-order chi connectivity index (χ1) is 18.4.